The van der Waals surface area contributed by atoms with Gasteiger partial charge in [-0.2, -0.15) is 0 Å². The van der Waals surface area contributed by atoms with Gasteiger partial charge in [0.2, 0.25) is 0 Å². The molecule has 4 nitrogen and oxygen atoms in total. The highest BCUT2D eigenvalue weighted by Gasteiger charge is 2.08. The fourth-order valence-corrected chi connectivity index (χ4v) is 1.35. The minimum atomic E-state index is -0.861. The molecule has 0 aliphatic carbocycles. The van der Waals surface area contributed by atoms with Crippen LogP contribution in [0.25, 0.3) is 0 Å². The van der Waals surface area contributed by atoms with Crippen LogP contribution in [0.5, 0.6) is 11.5 Å². The molecule has 0 heterocycles. The van der Waals surface area contributed by atoms with Crippen molar-refractivity contribution < 1.29 is 19.4 Å². The molecule has 1 N–H and O–H groups in total. The normalized spacial score (nSPS) is 11.9. The second-order valence-electron chi connectivity index (χ2n) is 3.85. The first-order valence-corrected chi connectivity index (χ1v) is 5.73. The number of carboxylic acids is 1. The summed E-state index contributed by atoms with van der Waals surface area (Å²) in [4.78, 5) is 10.5. The number of carboxylic acid groups (broad SMARTS) is 1. The Labute approximate surface area is 101 Å². The average Bonchev–Trinajstić information content (AvgIpc) is 2.27. The molecule has 0 saturated carbocycles. The van der Waals surface area contributed by atoms with Crippen LogP contribution < -0.4 is 9.47 Å². The van der Waals surface area contributed by atoms with E-state index in [4.69, 9.17) is 14.6 Å². The molecule has 1 rings (SSSR count). The number of aliphatic carboxylic acids is 1. The van der Waals surface area contributed by atoms with Crippen LogP contribution in [0.4, 0.5) is 0 Å². The van der Waals surface area contributed by atoms with E-state index in [-0.39, 0.29) is 12.5 Å². The zero-order chi connectivity index (χ0) is 12.7. The van der Waals surface area contributed by atoms with Crippen molar-refractivity contribution >= 4 is 5.97 Å². The molecule has 1 unspecified atom stereocenters. The molecule has 94 valence electrons. The Bertz CT molecular complexity index is 345. The monoisotopic (exact) mass is 238 g/mol. The molecule has 17 heavy (non-hydrogen) atoms. The summed E-state index contributed by atoms with van der Waals surface area (Å²) in [6.45, 7) is 4.47. The van der Waals surface area contributed by atoms with Gasteiger partial charge in [0.1, 0.15) is 17.6 Å². The summed E-state index contributed by atoms with van der Waals surface area (Å²) in [5.74, 6) is 0.591. The second kappa shape index (κ2) is 6.78. The van der Waals surface area contributed by atoms with E-state index in [1.165, 1.54) is 0 Å². The second-order valence-corrected chi connectivity index (χ2v) is 3.85. The molecule has 0 saturated heterocycles. The molecule has 0 amide bonds. The summed E-state index contributed by atoms with van der Waals surface area (Å²) in [7, 11) is 0. The zero-order valence-corrected chi connectivity index (χ0v) is 10.2. The van der Waals surface area contributed by atoms with Crippen LogP contribution in [0, 0.1) is 0 Å². The van der Waals surface area contributed by atoms with E-state index in [2.05, 4.69) is 0 Å². The first-order chi connectivity index (χ1) is 8.11. The van der Waals surface area contributed by atoms with E-state index in [0.717, 1.165) is 12.2 Å². The highest BCUT2D eigenvalue weighted by molar-refractivity contribution is 5.67. The van der Waals surface area contributed by atoms with Crippen LogP contribution in [0.15, 0.2) is 24.3 Å². The maximum absolute atomic E-state index is 10.5. The first-order valence-electron chi connectivity index (χ1n) is 5.73. The molecule has 1 aromatic carbocycles. The van der Waals surface area contributed by atoms with Gasteiger partial charge in [0.05, 0.1) is 13.0 Å². The molecule has 0 aliphatic rings. The quantitative estimate of drug-likeness (QED) is 0.793. The SMILES string of the molecule is CCCOc1ccc(OC(C)CC(=O)O)cc1. The number of rotatable bonds is 7. The Morgan fingerprint density at radius 3 is 2.41 bits per heavy atom. The molecule has 1 aromatic rings. The minimum Gasteiger partial charge on any atom is -0.494 e. The third kappa shape index (κ3) is 5.24. The van der Waals surface area contributed by atoms with Crippen LogP contribution in [-0.2, 0) is 4.79 Å². The first kappa shape index (κ1) is 13.4. The molecule has 0 radical (unpaired) electrons. The predicted molar refractivity (Wildman–Crippen MR) is 64.6 cm³/mol. The summed E-state index contributed by atoms with van der Waals surface area (Å²) in [6, 6.07) is 7.20. The van der Waals surface area contributed by atoms with Crippen molar-refractivity contribution in [2.24, 2.45) is 0 Å². The van der Waals surface area contributed by atoms with Crippen LogP contribution in [0.1, 0.15) is 26.7 Å². The smallest absolute Gasteiger partial charge is 0.307 e. The largest absolute Gasteiger partial charge is 0.494 e. The molecule has 0 aromatic heterocycles. The third-order valence-electron chi connectivity index (χ3n) is 2.10. The van der Waals surface area contributed by atoms with Gasteiger partial charge in [0, 0.05) is 0 Å². The lowest BCUT2D eigenvalue weighted by Crippen LogP contribution is -2.16. The van der Waals surface area contributed by atoms with Crippen LogP contribution in [0.3, 0.4) is 0 Å². The lowest BCUT2D eigenvalue weighted by molar-refractivity contribution is -0.138. The van der Waals surface area contributed by atoms with E-state index in [9.17, 15) is 4.79 Å². The highest BCUT2D eigenvalue weighted by Crippen LogP contribution is 2.19. The van der Waals surface area contributed by atoms with Gasteiger partial charge in [0.15, 0.2) is 0 Å². The van der Waals surface area contributed by atoms with E-state index >= 15 is 0 Å². The number of hydrogen-bond donors (Lipinski definition) is 1. The van der Waals surface area contributed by atoms with Crippen molar-refractivity contribution in [2.75, 3.05) is 6.61 Å². The molecule has 0 fully saturated rings. The lowest BCUT2D eigenvalue weighted by Gasteiger charge is -2.13. The van der Waals surface area contributed by atoms with Gasteiger partial charge in [-0.25, -0.2) is 0 Å². The van der Waals surface area contributed by atoms with Crippen molar-refractivity contribution in [3.8, 4) is 11.5 Å². The molecular formula is C13H18O4. The predicted octanol–water partition coefficient (Wildman–Crippen LogP) is 2.72. The number of ether oxygens (including phenoxy) is 2. The Kier molecular flexibility index (Phi) is 5.33. The Hall–Kier alpha value is -1.71. The molecule has 0 bridgehead atoms. The maximum atomic E-state index is 10.5. The summed E-state index contributed by atoms with van der Waals surface area (Å²) >= 11 is 0. The Morgan fingerprint density at radius 1 is 1.29 bits per heavy atom. The number of carbonyl (C=O) groups is 1. The fraction of sp³-hybridized carbons (Fsp3) is 0.462. The Balaban J connectivity index is 2.47. The number of benzene rings is 1. The van der Waals surface area contributed by atoms with Crippen LogP contribution in [-0.4, -0.2) is 23.8 Å². The van der Waals surface area contributed by atoms with Crippen LogP contribution in [0.2, 0.25) is 0 Å². The molecule has 0 aliphatic heterocycles. The zero-order valence-electron chi connectivity index (χ0n) is 10.2. The average molecular weight is 238 g/mol. The molecule has 0 spiro atoms. The van der Waals surface area contributed by atoms with Gasteiger partial charge >= 0.3 is 5.97 Å². The van der Waals surface area contributed by atoms with Gasteiger partial charge in [-0.3, -0.25) is 4.79 Å². The van der Waals surface area contributed by atoms with Gasteiger partial charge in [-0.1, -0.05) is 6.92 Å². The molecule has 4 heteroatoms. The molecule has 1 atom stereocenters. The standard InChI is InChI=1S/C13H18O4/c1-3-8-16-11-4-6-12(7-5-11)17-10(2)9-13(14)15/h4-7,10H,3,8-9H2,1-2H3,(H,14,15). The Morgan fingerprint density at radius 2 is 1.88 bits per heavy atom. The maximum Gasteiger partial charge on any atom is 0.307 e. The summed E-state index contributed by atoms with van der Waals surface area (Å²) < 4.78 is 10.9. The third-order valence-corrected chi connectivity index (χ3v) is 2.10. The van der Waals surface area contributed by atoms with E-state index in [1.54, 1.807) is 19.1 Å². The van der Waals surface area contributed by atoms with Crippen molar-refractivity contribution in [1.29, 1.82) is 0 Å². The number of hydrogen-bond acceptors (Lipinski definition) is 3. The van der Waals surface area contributed by atoms with E-state index in [1.807, 2.05) is 19.1 Å². The van der Waals surface area contributed by atoms with Crippen molar-refractivity contribution in [2.45, 2.75) is 32.8 Å². The summed E-state index contributed by atoms with van der Waals surface area (Å²) in [6.07, 6.45) is 0.622. The highest BCUT2D eigenvalue weighted by atomic mass is 16.5. The van der Waals surface area contributed by atoms with Crippen molar-refractivity contribution in [1.82, 2.24) is 0 Å². The molecular weight excluding hydrogens is 220 g/mol. The van der Waals surface area contributed by atoms with Gasteiger partial charge < -0.3 is 14.6 Å². The van der Waals surface area contributed by atoms with Crippen molar-refractivity contribution in [3.63, 3.8) is 0 Å². The van der Waals surface area contributed by atoms with Crippen LogP contribution >= 0.6 is 0 Å². The minimum absolute atomic E-state index is 0.00587. The van der Waals surface area contributed by atoms with Gasteiger partial charge in [0.25, 0.3) is 0 Å². The van der Waals surface area contributed by atoms with Gasteiger partial charge in [-0.15, -0.1) is 0 Å². The van der Waals surface area contributed by atoms with E-state index in [0.29, 0.717) is 12.4 Å². The summed E-state index contributed by atoms with van der Waals surface area (Å²) in [5, 5.41) is 8.60. The fourth-order valence-electron chi connectivity index (χ4n) is 1.35. The lowest BCUT2D eigenvalue weighted by atomic mass is 10.3. The summed E-state index contributed by atoms with van der Waals surface area (Å²) in [5.41, 5.74) is 0. The topological polar surface area (TPSA) is 55.8 Å². The van der Waals surface area contributed by atoms with Crippen molar-refractivity contribution in [3.05, 3.63) is 24.3 Å². The van der Waals surface area contributed by atoms with E-state index < -0.39 is 5.97 Å². The van der Waals surface area contributed by atoms with Gasteiger partial charge in [-0.05, 0) is 37.6 Å².